The summed E-state index contributed by atoms with van der Waals surface area (Å²) in [5, 5.41) is 15.3. The maximum Gasteiger partial charge on any atom is 0.416 e. The van der Waals surface area contributed by atoms with E-state index in [0.29, 0.717) is 43.0 Å². The summed E-state index contributed by atoms with van der Waals surface area (Å²) < 4.78 is 84.6. The Kier molecular flexibility index (Phi) is 9.02. The SMILES string of the molecule is CCOC=O.Cc1ccc2c(n1)[C@@H](N(Cc1cc(C(F)(F)F)cc(C(F)(F)F)c1)c1nnn(C)n1)C[C@@H](C)N2. The summed E-state index contributed by atoms with van der Waals surface area (Å²) in [6, 6.07) is 4.64. The zero-order valence-electron chi connectivity index (χ0n) is 21.5. The summed E-state index contributed by atoms with van der Waals surface area (Å²) in [5.41, 5.74) is -0.896. The molecule has 3 heterocycles. The Morgan fingerprint density at radius 2 is 1.77 bits per heavy atom. The van der Waals surface area contributed by atoms with E-state index in [2.05, 4.69) is 30.4 Å². The lowest BCUT2D eigenvalue weighted by molar-refractivity contribution is -0.143. The standard InChI is InChI=1S/C21H21F6N7.C3H6O2/c1-11-4-5-16-18(29-11)17(6-12(2)28-16)34(19-30-32-33(3)31-19)10-13-7-14(20(22,23)24)9-15(8-13)21(25,26)27;1-2-5-3-4/h4-5,7-9,12,17,28H,6,10H2,1-3H3;3H,2H2,1H3/t12-,17+;/m1./s1. The second kappa shape index (κ2) is 11.9. The lowest BCUT2D eigenvalue weighted by Crippen LogP contribution is -2.38. The number of pyridine rings is 1. The first kappa shape index (κ1) is 29.6. The number of fused-ring (bicyclic) bond motifs is 1. The van der Waals surface area contributed by atoms with Crippen molar-refractivity contribution in [1.82, 2.24) is 25.2 Å². The fourth-order valence-electron chi connectivity index (χ4n) is 4.08. The fraction of sp³-hybridized carbons (Fsp3) is 0.458. The van der Waals surface area contributed by atoms with E-state index in [9.17, 15) is 31.1 Å². The van der Waals surface area contributed by atoms with Crippen molar-refractivity contribution in [3.63, 3.8) is 0 Å². The monoisotopic (exact) mass is 559 g/mol. The van der Waals surface area contributed by atoms with Crippen molar-refractivity contribution in [2.45, 2.75) is 58.2 Å². The summed E-state index contributed by atoms with van der Waals surface area (Å²) >= 11 is 0. The number of nitrogens with one attached hydrogen (secondary N) is 1. The Labute approximate surface area is 220 Å². The molecule has 0 bridgehead atoms. The Hall–Kier alpha value is -3.91. The zero-order valence-corrected chi connectivity index (χ0v) is 21.5. The Morgan fingerprint density at radius 3 is 2.26 bits per heavy atom. The molecule has 1 aromatic carbocycles. The van der Waals surface area contributed by atoms with Crippen molar-refractivity contribution in [3.8, 4) is 0 Å². The van der Waals surface area contributed by atoms with Gasteiger partial charge in [0.25, 0.3) is 12.4 Å². The van der Waals surface area contributed by atoms with Gasteiger partial charge in [0.05, 0.1) is 42.2 Å². The van der Waals surface area contributed by atoms with Crippen LogP contribution in [0.25, 0.3) is 0 Å². The number of halogens is 6. The maximum atomic E-state index is 13.4. The number of benzene rings is 1. The first-order chi connectivity index (χ1) is 18.2. The van der Waals surface area contributed by atoms with E-state index >= 15 is 0 Å². The third-order valence-electron chi connectivity index (χ3n) is 5.72. The average Bonchev–Trinajstić information content (AvgIpc) is 3.28. The number of carbonyl (C=O) groups excluding carboxylic acids is 1. The van der Waals surface area contributed by atoms with Crippen LogP contribution >= 0.6 is 0 Å². The van der Waals surface area contributed by atoms with Gasteiger partial charge >= 0.3 is 12.4 Å². The minimum Gasteiger partial charge on any atom is -0.468 e. The summed E-state index contributed by atoms with van der Waals surface area (Å²) in [4.78, 5) is 16.5. The Morgan fingerprint density at radius 1 is 1.13 bits per heavy atom. The lowest BCUT2D eigenvalue weighted by Gasteiger charge is -2.37. The maximum absolute atomic E-state index is 13.4. The molecule has 0 fully saturated rings. The highest BCUT2D eigenvalue weighted by atomic mass is 19.4. The van der Waals surface area contributed by atoms with E-state index in [-0.39, 0.29) is 30.2 Å². The van der Waals surface area contributed by atoms with Crippen molar-refractivity contribution in [2.24, 2.45) is 7.05 Å². The van der Waals surface area contributed by atoms with Gasteiger partial charge in [-0.15, -0.1) is 5.10 Å². The molecule has 2 atom stereocenters. The van der Waals surface area contributed by atoms with E-state index in [1.54, 1.807) is 18.7 Å². The topological polar surface area (TPSA) is 98.1 Å². The van der Waals surface area contributed by atoms with Crippen molar-refractivity contribution >= 4 is 18.1 Å². The molecule has 212 valence electrons. The molecule has 0 aliphatic carbocycles. The fourth-order valence-corrected chi connectivity index (χ4v) is 4.08. The Balaban J connectivity index is 0.000000771. The first-order valence-corrected chi connectivity index (χ1v) is 11.8. The van der Waals surface area contributed by atoms with Crippen LogP contribution in [0.1, 0.15) is 54.4 Å². The molecule has 0 spiro atoms. The molecule has 1 N–H and O–H groups in total. The quantitative estimate of drug-likeness (QED) is 0.330. The van der Waals surface area contributed by atoms with Crippen LogP contribution in [-0.2, 0) is 35.5 Å². The second-order valence-electron chi connectivity index (χ2n) is 8.85. The molecule has 4 rings (SSSR count). The number of ether oxygens (including phenoxy) is 1. The number of hydrogen-bond acceptors (Lipinski definition) is 8. The van der Waals surface area contributed by atoms with E-state index in [4.69, 9.17) is 0 Å². The van der Waals surface area contributed by atoms with Crippen molar-refractivity contribution in [1.29, 1.82) is 0 Å². The molecule has 0 amide bonds. The molecular formula is C24H27F6N7O2. The number of aryl methyl sites for hydroxylation is 2. The Bertz CT molecular complexity index is 1250. The number of anilines is 2. The van der Waals surface area contributed by atoms with Gasteiger partial charge in [-0.25, -0.2) is 0 Å². The average molecular weight is 560 g/mol. The van der Waals surface area contributed by atoms with Crippen molar-refractivity contribution in [2.75, 3.05) is 16.8 Å². The highest BCUT2D eigenvalue weighted by Gasteiger charge is 2.38. The molecule has 2 aromatic heterocycles. The summed E-state index contributed by atoms with van der Waals surface area (Å²) in [5.74, 6) is 0.0711. The van der Waals surface area contributed by atoms with Crippen LogP contribution < -0.4 is 10.2 Å². The predicted octanol–water partition coefficient (Wildman–Crippen LogP) is 5.08. The molecule has 0 saturated carbocycles. The van der Waals surface area contributed by atoms with Gasteiger partial charge in [-0.3, -0.25) is 9.78 Å². The van der Waals surface area contributed by atoms with E-state index < -0.39 is 29.5 Å². The highest BCUT2D eigenvalue weighted by molar-refractivity contribution is 5.55. The van der Waals surface area contributed by atoms with Crippen molar-refractivity contribution < 1.29 is 35.9 Å². The normalized spacial score (nSPS) is 16.9. The predicted molar refractivity (Wildman–Crippen MR) is 129 cm³/mol. The zero-order chi connectivity index (χ0) is 29.0. The number of hydrogen-bond donors (Lipinski definition) is 1. The second-order valence-corrected chi connectivity index (χ2v) is 8.85. The van der Waals surface area contributed by atoms with Crippen LogP contribution in [0.3, 0.4) is 0 Å². The minimum atomic E-state index is -4.94. The van der Waals surface area contributed by atoms with Gasteiger partial charge in [-0.2, -0.15) is 31.1 Å². The van der Waals surface area contributed by atoms with Gasteiger partial charge in [0.2, 0.25) is 0 Å². The van der Waals surface area contributed by atoms with Crippen LogP contribution in [0.4, 0.5) is 38.0 Å². The minimum absolute atomic E-state index is 0.0478. The largest absolute Gasteiger partial charge is 0.468 e. The molecule has 0 radical (unpaired) electrons. The number of alkyl halides is 6. The molecule has 9 nitrogen and oxygen atoms in total. The molecule has 1 aliphatic heterocycles. The third-order valence-corrected chi connectivity index (χ3v) is 5.72. The smallest absolute Gasteiger partial charge is 0.416 e. The van der Waals surface area contributed by atoms with Crippen LogP contribution in [0.5, 0.6) is 0 Å². The molecule has 39 heavy (non-hydrogen) atoms. The summed E-state index contributed by atoms with van der Waals surface area (Å²) in [6.07, 6.45) is -9.42. The van der Waals surface area contributed by atoms with Crippen molar-refractivity contribution in [3.05, 3.63) is 58.4 Å². The number of carbonyl (C=O) groups is 1. The van der Waals surface area contributed by atoms with Gasteiger partial charge in [0.1, 0.15) is 0 Å². The van der Waals surface area contributed by atoms with Gasteiger partial charge in [-0.05, 0) is 68.3 Å². The van der Waals surface area contributed by atoms with Crippen LogP contribution in [-0.4, -0.2) is 44.3 Å². The van der Waals surface area contributed by atoms with Crippen LogP contribution in [0, 0.1) is 6.92 Å². The first-order valence-electron chi connectivity index (χ1n) is 11.8. The summed E-state index contributed by atoms with van der Waals surface area (Å²) in [6.45, 7) is 6.07. The van der Waals surface area contributed by atoms with E-state index in [0.717, 1.165) is 5.69 Å². The van der Waals surface area contributed by atoms with Gasteiger partial charge in [0, 0.05) is 18.3 Å². The molecule has 0 saturated heterocycles. The number of aromatic nitrogens is 5. The molecule has 0 unspecified atom stereocenters. The number of tetrazole rings is 1. The number of rotatable bonds is 6. The number of nitrogens with zero attached hydrogens (tertiary/aromatic N) is 6. The molecule has 1 aliphatic rings. The highest BCUT2D eigenvalue weighted by Crippen LogP contribution is 2.40. The molecular weight excluding hydrogens is 532 g/mol. The van der Waals surface area contributed by atoms with E-state index in [1.807, 2.05) is 19.1 Å². The van der Waals surface area contributed by atoms with Gasteiger partial charge < -0.3 is 15.0 Å². The van der Waals surface area contributed by atoms with Crippen LogP contribution in [0.15, 0.2) is 30.3 Å². The van der Waals surface area contributed by atoms with Gasteiger partial charge in [-0.1, -0.05) is 5.10 Å². The lowest BCUT2D eigenvalue weighted by atomic mass is 9.95. The molecule has 15 heteroatoms. The van der Waals surface area contributed by atoms with Crippen LogP contribution in [0.2, 0.25) is 0 Å². The van der Waals surface area contributed by atoms with E-state index in [1.165, 1.54) is 11.8 Å². The van der Waals surface area contributed by atoms with Gasteiger partial charge in [0.15, 0.2) is 0 Å². The summed E-state index contributed by atoms with van der Waals surface area (Å²) in [7, 11) is 1.52. The third kappa shape index (κ3) is 7.57. The molecule has 3 aromatic rings.